The Morgan fingerprint density at radius 3 is 2.69 bits per heavy atom. The number of rotatable bonds is 6. The monoisotopic (exact) mass is 226 g/mol. The lowest BCUT2D eigenvalue weighted by Crippen LogP contribution is -2.07. The van der Waals surface area contributed by atoms with E-state index in [1.807, 2.05) is 6.92 Å². The summed E-state index contributed by atoms with van der Waals surface area (Å²) >= 11 is 0. The molecular formula is C11H14O5. The van der Waals surface area contributed by atoms with Crippen molar-refractivity contribution in [2.45, 2.75) is 6.92 Å². The number of para-hydroxylation sites is 1. The number of methoxy groups -OCH3 is 1. The van der Waals surface area contributed by atoms with Crippen LogP contribution in [0.1, 0.15) is 17.3 Å². The molecule has 0 saturated carbocycles. The van der Waals surface area contributed by atoms with Crippen LogP contribution in [0.4, 0.5) is 0 Å². The van der Waals surface area contributed by atoms with Crippen LogP contribution < -0.4 is 9.47 Å². The van der Waals surface area contributed by atoms with Crippen molar-refractivity contribution in [3.63, 3.8) is 0 Å². The maximum absolute atomic E-state index is 11.0. The molecule has 0 bridgehead atoms. The number of hydrogen-bond donors (Lipinski definition) is 1. The number of carbonyl (C=O) groups is 1. The highest BCUT2D eigenvalue weighted by Gasteiger charge is 2.16. The number of aromatic carboxylic acids is 1. The summed E-state index contributed by atoms with van der Waals surface area (Å²) in [7, 11) is 1.46. The molecule has 0 heterocycles. The van der Waals surface area contributed by atoms with E-state index in [0.29, 0.717) is 12.4 Å². The summed E-state index contributed by atoms with van der Waals surface area (Å²) in [6, 6.07) is 4.71. The standard InChI is InChI=1S/C11H14O5/c1-3-15-9-6-4-5-8(11(12)13)10(9)16-7-14-2/h4-6H,3,7H2,1-2H3,(H,12,13). The first-order valence-corrected chi connectivity index (χ1v) is 4.81. The van der Waals surface area contributed by atoms with Gasteiger partial charge in [-0.05, 0) is 19.1 Å². The number of hydrogen-bond acceptors (Lipinski definition) is 4. The number of carboxylic acids is 1. The quantitative estimate of drug-likeness (QED) is 0.749. The molecule has 0 atom stereocenters. The molecular weight excluding hydrogens is 212 g/mol. The van der Waals surface area contributed by atoms with Gasteiger partial charge in [-0.25, -0.2) is 4.79 Å². The second-order valence-electron chi connectivity index (χ2n) is 2.92. The van der Waals surface area contributed by atoms with Gasteiger partial charge in [0.2, 0.25) is 0 Å². The van der Waals surface area contributed by atoms with E-state index in [-0.39, 0.29) is 18.1 Å². The van der Waals surface area contributed by atoms with Crippen molar-refractivity contribution in [1.82, 2.24) is 0 Å². The highest BCUT2D eigenvalue weighted by atomic mass is 16.7. The fraction of sp³-hybridized carbons (Fsp3) is 0.364. The SMILES string of the molecule is CCOc1cccc(C(=O)O)c1OCOC. The molecule has 5 nitrogen and oxygen atoms in total. The Balaban J connectivity index is 3.07. The Bertz CT molecular complexity index is 361. The number of carboxylic acid groups (broad SMARTS) is 1. The topological polar surface area (TPSA) is 65.0 Å². The Kier molecular flexibility index (Phi) is 4.60. The number of benzene rings is 1. The van der Waals surface area contributed by atoms with Crippen LogP contribution in [0.2, 0.25) is 0 Å². The Morgan fingerprint density at radius 2 is 2.12 bits per heavy atom. The second kappa shape index (κ2) is 5.97. The van der Waals surface area contributed by atoms with Crippen LogP contribution >= 0.6 is 0 Å². The Morgan fingerprint density at radius 1 is 1.38 bits per heavy atom. The van der Waals surface area contributed by atoms with Gasteiger partial charge in [-0.2, -0.15) is 0 Å². The minimum absolute atomic E-state index is 0.0234. The fourth-order valence-corrected chi connectivity index (χ4v) is 1.22. The predicted octanol–water partition coefficient (Wildman–Crippen LogP) is 1.77. The highest BCUT2D eigenvalue weighted by molar-refractivity contribution is 5.92. The smallest absolute Gasteiger partial charge is 0.339 e. The van der Waals surface area contributed by atoms with Crippen molar-refractivity contribution in [2.75, 3.05) is 20.5 Å². The summed E-state index contributed by atoms with van der Waals surface area (Å²) in [4.78, 5) is 11.0. The van der Waals surface area contributed by atoms with Crippen LogP contribution in [0.5, 0.6) is 11.5 Å². The van der Waals surface area contributed by atoms with Crippen LogP contribution in [0.15, 0.2) is 18.2 Å². The van der Waals surface area contributed by atoms with Crippen molar-refractivity contribution in [1.29, 1.82) is 0 Å². The molecule has 1 N–H and O–H groups in total. The van der Waals surface area contributed by atoms with E-state index >= 15 is 0 Å². The first kappa shape index (κ1) is 12.3. The van der Waals surface area contributed by atoms with E-state index in [1.165, 1.54) is 13.2 Å². The number of ether oxygens (including phenoxy) is 3. The Labute approximate surface area is 93.6 Å². The molecule has 0 spiro atoms. The minimum atomic E-state index is -1.06. The average Bonchev–Trinajstić information content (AvgIpc) is 2.27. The molecule has 16 heavy (non-hydrogen) atoms. The first-order chi connectivity index (χ1) is 7.70. The summed E-state index contributed by atoms with van der Waals surface area (Å²) in [5, 5.41) is 8.98. The highest BCUT2D eigenvalue weighted by Crippen LogP contribution is 2.31. The van der Waals surface area contributed by atoms with Gasteiger partial charge in [0.05, 0.1) is 6.61 Å². The van der Waals surface area contributed by atoms with Gasteiger partial charge >= 0.3 is 5.97 Å². The molecule has 0 aliphatic rings. The molecule has 0 unspecified atom stereocenters. The van der Waals surface area contributed by atoms with Crippen molar-refractivity contribution >= 4 is 5.97 Å². The largest absolute Gasteiger partial charge is 0.490 e. The molecule has 0 radical (unpaired) electrons. The molecule has 88 valence electrons. The average molecular weight is 226 g/mol. The van der Waals surface area contributed by atoms with Crippen LogP contribution in [0.25, 0.3) is 0 Å². The molecule has 0 aliphatic heterocycles. The molecule has 1 rings (SSSR count). The van der Waals surface area contributed by atoms with E-state index in [9.17, 15) is 4.79 Å². The summed E-state index contributed by atoms with van der Waals surface area (Å²) in [6.07, 6.45) is 0. The molecule has 5 heteroatoms. The van der Waals surface area contributed by atoms with Gasteiger partial charge in [-0.15, -0.1) is 0 Å². The summed E-state index contributed by atoms with van der Waals surface area (Å²) < 4.78 is 15.2. The van der Waals surface area contributed by atoms with E-state index in [1.54, 1.807) is 12.1 Å². The fourth-order valence-electron chi connectivity index (χ4n) is 1.22. The molecule has 0 amide bonds. The molecule has 1 aromatic rings. The zero-order valence-corrected chi connectivity index (χ0v) is 9.23. The van der Waals surface area contributed by atoms with E-state index in [2.05, 4.69) is 0 Å². The van der Waals surface area contributed by atoms with Gasteiger partial charge in [0.25, 0.3) is 0 Å². The normalized spacial score (nSPS) is 9.88. The maximum atomic E-state index is 11.0. The Hall–Kier alpha value is -1.75. The van der Waals surface area contributed by atoms with Crippen molar-refractivity contribution in [3.05, 3.63) is 23.8 Å². The maximum Gasteiger partial charge on any atom is 0.339 e. The molecule has 1 aromatic carbocycles. The van der Waals surface area contributed by atoms with E-state index < -0.39 is 5.97 Å². The third-order valence-corrected chi connectivity index (χ3v) is 1.83. The summed E-state index contributed by atoms with van der Waals surface area (Å²) in [5.41, 5.74) is 0.0583. The second-order valence-corrected chi connectivity index (χ2v) is 2.92. The molecule has 0 fully saturated rings. The van der Waals surface area contributed by atoms with Gasteiger partial charge in [-0.3, -0.25) is 0 Å². The molecule has 0 saturated heterocycles. The van der Waals surface area contributed by atoms with Gasteiger partial charge in [0.1, 0.15) is 5.56 Å². The lowest BCUT2D eigenvalue weighted by Gasteiger charge is -2.13. The van der Waals surface area contributed by atoms with Crippen molar-refractivity contribution in [2.24, 2.45) is 0 Å². The first-order valence-electron chi connectivity index (χ1n) is 4.81. The van der Waals surface area contributed by atoms with E-state index in [4.69, 9.17) is 19.3 Å². The van der Waals surface area contributed by atoms with Crippen molar-refractivity contribution < 1.29 is 24.1 Å². The van der Waals surface area contributed by atoms with Crippen molar-refractivity contribution in [3.8, 4) is 11.5 Å². The van der Waals surface area contributed by atoms with Gasteiger partial charge in [0.15, 0.2) is 18.3 Å². The van der Waals surface area contributed by atoms with Crippen LogP contribution in [0.3, 0.4) is 0 Å². The molecule has 0 aliphatic carbocycles. The van der Waals surface area contributed by atoms with Gasteiger partial charge in [0, 0.05) is 7.11 Å². The summed E-state index contributed by atoms with van der Waals surface area (Å²) in [6.45, 7) is 2.23. The van der Waals surface area contributed by atoms with Crippen LogP contribution in [-0.2, 0) is 4.74 Å². The van der Waals surface area contributed by atoms with Gasteiger partial charge in [-0.1, -0.05) is 6.07 Å². The lowest BCUT2D eigenvalue weighted by atomic mass is 10.2. The molecule has 0 aromatic heterocycles. The predicted molar refractivity (Wildman–Crippen MR) is 57.1 cm³/mol. The zero-order valence-electron chi connectivity index (χ0n) is 9.23. The third kappa shape index (κ3) is 2.87. The van der Waals surface area contributed by atoms with Crippen LogP contribution in [-0.4, -0.2) is 31.6 Å². The zero-order chi connectivity index (χ0) is 12.0. The van der Waals surface area contributed by atoms with Gasteiger partial charge < -0.3 is 19.3 Å². The lowest BCUT2D eigenvalue weighted by molar-refractivity contribution is 0.0460. The summed E-state index contributed by atoms with van der Waals surface area (Å²) in [5.74, 6) is -0.467. The van der Waals surface area contributed by atoms with Crippen LogP contribution in [0, 0.1) is 0 Å². The van der Waals surface area contributed by atoms with E-state index in [0.717, 1.165) is 0 Å². The minimum Gasteiger partial charge on any atom is -0.490 e. The third-order valence-electron chi connectivity index (χ3n) is 1.83.